The van der Waals surface area contributed by atoms with E-state index >= 15 is 0 Å². The van der Waals surface area contributed by atoms with Crippen LogP contribution >= 0.6 is 0 Å². The van der Waals surface area contributed by atoms with E-state index in [1.165, 1.54) is 6.07 Å². The SMILES string of the molecule is Cc1nc2cc(=O)[nH]n2c(C)c1CC(=O)Nc1ccc(NC(=O)CN2CCOCC2)cc1. The van der Waals surface area contributed by atoms with Crippen molar-refractivity contribution in [3.8, 4) is 0 Å². The number of rotatable bonds is 6. The van der Waals surface area contributed by atoms with Gasteiger partial charge in [-0.3, -0.25) is 24.4 Å². The Morgan fingerprint density at radius 3 is 2.34 bits per heavy atom. The molecule has 3 N–H and O–H groups in total. The molecule has 0 aliphatic carbocycles. The maximum atomic E-state index is 12.6. The van der Waals surface area contributed by atoms with E-state index in [1.807, 2.05) is 18.7 Å². The molecule has 0 bridgehead atoms. The van der Waals surface area contributed by atoms with Crippen LogP contribution in [0.2, 0.25) is 0 Å². The quantitative estimate of drug-likeness (QED) is 0.530. The van der Waals surface area contributed by atoms with Gasteiger partial charge in [0.2, 0.25) is 11.8 Å². The molecule has 2 amide bonds. The van der Waals surface area contributed by atoms with Crippen molar-refractivity contribution in [3.05, 3.63) is 57.6 Å². The van der Waals surface area contributed by atoms with Crippen LogP contribution in [0.3, 0.4) is 0 Å². The van der Waals surface area contributed by atoms with Crippen molar-refractivity contribution in [2.75, 3.05) is 43.5 Å². The largest absolute Gasteiger partial charge is 0.379 e. The Hall–Kier alpha value is -3.50. The average molecular weight is 438 g/mol. The van der Waals surface area contributed by atoms with Crippen LogP contribution in [0.5, 0.6) is 0 Å². The Morgan fingerprint density at radius 2 is 1.69 bits per heavy atom. The Balaban J connectivity index is 1.35. The number of hydrogen-bond donors (Lipinski definition) is 3. The third-order valence-electron chi connectivity index (χ3n) is 5.46. The lowest BCUT2D eigenvalue weighted by molar-refractivity contribution is -0.118. The van der Waals surface area contributed by atoms with Gasteiger partial charge in [0.15, 0.2) is 5.65 Å². The van der Waals surface area contributed by atoms with Crippen molar-refractivity contribution in [1.82, 2.24) is 19.5 Å². The summed E-state index contributed by atoms with van der Waals surface area (Å²) >= 11 is 0. The Labute approximate surface area is 184 Å². The molecule has 3 aromatic rings. The second kappa shape index (κ2) is 9.33. The number of anilines is 2. The number of morpholine rings is 1. The van der Waals surface area contributed by atoms with Crippen molar-refractivity contribution in [3.63, 3.8) is 0 Å². The number of benzene rings is 1. The molecule has 1 aliphatic rings. The summed E-state index contributed by atoms with van der Waals surface area (Å²) in [6, 6.07) is 8.41. The fourth-order valence-electron chi connectivity index (χ4n) is 3.78. The lowest BCUT2D eigenvalue weighted by Gasteiger charge is -2.25. The Morgan fingerprint density at radius 1 is 1.06 bits per heavy atom. The molecule has 10 nitrogen and oxygen atoms in total. The van der Waals surface area contributed by atoms with E-state index in [-0.39, 0.29) is 23.8 Å². The number of H-pyrrole nitrogens is 1. The first-order chi connectivity index (χ1) is 15.4. The zero-order valence-electron chi connectivity index (χ0n) is 18.1. The minimum atomic E-state index is -0.237. The first-order valence-electron chi connectivity index (χ1n) is 10.5. The predicted octanol–water partition coefficient (Wildman–Crippen LogP) is 1.09. The number of fused-ring (bicyclic) bond motifs is 1. The van der Waals surface area contributed by atoms with Gasteiger partial charge in [0, 0.05) is 47.5 Å². The highest BCUT2D eigenvalue weighted by molar-refractivity contribution is 5.94. The number of aromatic amines is 1. The molecule has 3 heterocycles. The summed E-state index contributed by atoms with van der Waals surface area (Å²) in [7, 11) is 0. The van der Waals surface area contributed by atoms with Crippen LogP contribution in [0.1, 0.15) is 17.0 Å². The molecule has 0 saturated carbocycles. The molecule has 168 valence electrons. The molecule has 0 radical (unpaired) electrons. The predicted molar refractivity (Wildman–Crippen MR) is 120 cm³/mol. The molecule has 1 fully saturated rings. The van der Waals surface area contributed by atoms with Crippen LogP contribution in [0.4, 0.5) is 11.4 Å². The van der Waals surface area contributed by atoms with E-state index in [9.17, 15) is 14.4 Å². The van der Waals surface area contributed by atoms with Gasteiger partial charge in [-0.2, -0.15) is 0 Å². The van der Waals surface area contributed by atoms with Crippen LogP contribution in [0.25, 0.3) is 5.65 Å². The molecule has 1 aromatic carbocycles. The van der Waals surface area contributed by atoms with Gasteiger partial charge in [-0.25, -0.2) is 9.50 Å². The number of aryl methyl sites for hydroxylation is 2. The molecule has 0 atom stereocenters. The van der Waals surface area contributed by atoms with Crippen LogP contribution < -0.4 is 16.2 Å². The second-order valence-corrected chi connectivity index (χ2v) is 7.81. The number of nitrogens with one attached hydrogen (secondary N) is 3. The monoisotopic (exact) mass is 438 g/mol. The molecule has 4 rings (SSSR count). The summed E-state index contributed by atoms with van der Waals surface area (Å²) in [5.74, 6) is -0.281. The standard InChI is InChI=1S/C22H26N6O4/c1-14-18(15(2)28-19(23-14)12-21(30)26-28)11-20(29)24-16-3-5-17(6-4-16)25-22(31)13-27-7-9-32-10-8-27/h3-6,12H,7-11,13H2,1-2H3,(H,24,29)(H,25,31)(H,26,30). The molecule has 0 spiro atoms. The van der Waals surface area contributed by atoms with Gasteiger partial charge in [-0.1, -0.05) is 0 Å². The average Bonchev–Trinajstić information content (AvgIpc) is 3.13. The third kappa shape index (κ3) is 5.04. The lowest BCUT2D eigenvalue weighted by Crippen LogP contribution is -2.41. The number of carbonyl (C=O) groups excluding carboxylic acids is 2. The lowest BCUT2D eigenvalue weighted by atomic mass is 10.1. The van der Waals surface area contributed by atoms with E-state index in [2.05, 4.69) is 20.7 Å². The van der Waals surface area contributed by atoms with Gasteiger partial charge in [0.1, 0.15) is 0 Å². The second-order valence-electron chi connectivity index (χ2n) is 7.81. The first-order valence-corrected chi connectivity index (χ1v) is 10.5. The summed E-state index contributed by atoms with van der Waals surface area (Å²) in [5, 5.41) is 8.42. The van der Waals surface area contributed by atoms with Crippen molar-refractivity contribution in [1.29, 1.82) is 0 Å². The highest BCUT2D eigenvalue weighted by Crippen LogP contribution is 2.17. The van der Waals surface area contributed by atoms with Crippen LogP contribution in [-0.4, -0.2) is 64.2 Å². The number of ether oxygens (including phenoxy) is 1. The number of amides is 2. The Bertz CT molecular complexity index is 1190. The summed E-state index contributed by atoms with van der Waals surface area (Å²) in [4.78, 5) is 42.9. The molecular weight excluding hydrogens is 412 g/mol. The third-order valence-corrected chi connectivity index (χ3v) is 5.46. The normalized spacial score (nSPS) is 14.4. The molecule has 32 heavy (non-hydrogen) atoms. The van der Waals surface area contributed by atoms with Crippen molar-refractivity contribution in [2.24, 2.45) is 0 Å². The summed E-state index contributed by atoms with van der Waals surface area (Å²) in [6.45, 7) is 6.78. The van der Waals surface area contributed by atoms with Crippen LogP contribution in [-0.2, 0) is 20.7 Å². The highest BCUT2D eigenvalue weighted by atomic mass is 16.5. The number of carbonyl (C=O) groups is 2. The van der Waals surface area contributed by atoms with Crippen molar-refractivity contribution < 1.29 is 14.3 Å². The van der Waals surface area contributed by atoms with E-state index < -0.39 is 0 Å². The first kappa shape index (κ1) is 21.7. The fourth-order valence-corrected chi connectivity index (χ4v) is 3.78. The minimum absolute atomic E-state index is 0.0828. The molecule has 1 saturated heterocycles. The fraction of sp³-hybridized carbons (Fsp3) is 0.364. The van der Waals surface area contributed by atoms with E-state index in [4.69, 9.17) is 4.74 Å². The van der Waals surface area contributed by atoms with E-state index in [0.29, 0.717) is 42.5 Å². The van der Waals surface area contributed by atoms with E-state index in [0.717, 1.165) is 24.3 Å². The minimum Gasteiger partial charge on any atom is -0.379 e. The maximum absolute atomic E-state index is 12.6. The maximum Gasteiger partial charge on any atom is 0.266 e. The Kier molecular flexibility index (Phi) is 6.33. The van der Waals surface area contributed by atoms with Crippen molar-refractivity contribution >= 4 is 28.8 Å². The summed E-state index contributed by atoms with van der Waals surface area (Å²) < 4.78 is 6.88. The van der Waals surface area contributed by atoms with Gasteiger partial charge >= 0.3 is 0 Å². The zero-order valence-corrected chi connectivity index (χ0v) is 18.1. The van der Waals surface area contributed by atoms with Crippen molar-refractivity contribution in [2.45, 2.75) is 20.3 Å². The van der Waals surface area contributed by atoms with Gasteiger partial charge in [-0.05, 0) is 38.1 Å². The zero-order chi connectivity index (χ0) is 22.7. The van der Waals surface area contributed by atoms with Gasteiger partial charge in [0.05, 0.1) is 26.2 Å². The summed E-state index contributed by atoms with van der Waals surface area (Å²) in [6.07, 6.45) is 0.124. The summed E-state index contributed by atoms with van der Waals surface area (Å²) in [5.41, 5.74) is 3.81. The van der Waals surface area contributed by atoms with Crippen LogP contribution in [0.15, 0.2) is 35.1 Å². The number of aromatic nitrogens is 3. The van der Waals surface area contributed by atoms with Gasteiger partial charge in [-0.15, -0.1) is 0 Å². The van der Waals surface area contributed by atoms with Gasteiger partial charge < -0.3 is 15.4 Å². The smallest absolute Gasteiger partial charge is 0.266 e. The van der Waals surface area contributed by atoms with E-state index in [1.54, 1.807) is 28.8 Å². The molecule has 1 aliphatic heterocycles. The molecule has 0 unspecified atom stereocenters. The molecular formula is C22H26N6O4. The van der Waals surface area contributed by atoms with Gasteiger partial charge in [0.25, 0.3) is 5.56 Å². The highest BCUT2D eigenvalue weighted by Gasteiger charge is 2.16. The number of hydrogen-bond acceptors (Lipinski definition) is 6. The molecule has 10 heteroatoms. The molecule has 2 aromatic heterocycles. The van der Waals surface area contributed by atoms with Crippen LogP contribution in [0, 0.1) is 13.8 Å². The number of nitrogens with zero attached hydrogens (tertiary/aromatic N) is 3. The topological polar surface area (TPSA) is 121 Å².